The Morgan fingerprint density at radius 1 is 1.19 bits per heavy atom. The highest BCUT2D eigenvalue weighted by atomic mass is 79.9. The van der Waals surface area contributed by atoms with E-state index in [4.69, 9.17) is 54.1 Å². The number of amides is 1. The first-order chi connectivity index (χ1) is 20.1. The van der Waals surface area contributed by atoms with E-state index in [2.05, 4.69) is 55.4 Å². The van der Waals surface area contributed by atoms with Crippen molar-refractivity contribution in [1.82, 2.24) is 9.88 Å². The van der Waals surface area contributed by atoms with Crippen LogP contribution in [0.5, 0.6) is 0 Å². The van der Waals surface area contributed by atoms with Gasteiger partial charge in [0.25, 0.3) is 0 Å². The van der Waals surface area contributed by atoms with Gasteiger partial charge in [-0.05, 0) is 12.5 Å². The van der Waals surface area contributed by atoms with Crippen molar-refractivity contribution in [3.05, 3.63) is 53.0 Å². The Labute approximate surface area is 287 Å². The summed E-state index contributed by atoms with van der Waals surface area (Å²) in [5, 5.41) is 5.55. The van der Waals surface area contributed by atoms with Crippen LogP contribution in [0.15, 0.2) is 41.8 Å². The number of hydrogen-bond acceptors (Lipinski definition) is 8. The number of alkyl halides is 4. The summed E-state index contributed by atoms with van der Waals surface area (Å²) in [4.78, 5) is 44.5. The summed E-state index contributed by atoms with van der Waals surface area (Å²) in [6.07, 6.45) is 4.06. The number of thiazole rings is 1. The number of hydrogen-bond donors (Lipinski definition) is 3. The van der Waals surface area contributed by atoms with Gasteiger partial charge in [0.2, 0.25) is 5.91 Å². The van der Waals surface area contributed by atoms with E-state index in [9.17, 15) is 14.2 Å². The fourth-order valence-electron chi connectivity index (χ4n) is 2.76. The molecule has 1 aliphatic rings. The van der Waals surface area contributed by atoms with E-state index in [0.29, 0.717) is 17.4 Å². The van der Waals surface area contributed by atoms with Gasteiger partial charge in [0.05, 0.1) is 38.1 Å². The average molecular weight is 790 g/mol. The highest BCUT2D eigenvalue weighted by Gasteiger charge is 2.10. The zero-order valence-electron chi connectivity index (χ0n) is 23.7. The van der Waals surface area contributed by atoms with Gasteiger partial charge in [0.1, 0.15) is 5.88 Å². The van der Waals surface area contributed by atoms with E-state index < -0.39 is 7.60 Å². The Bertz CT molecular complexity index is 1060. The molecule has 0 atom stereocenters. The van der Waals surface area contributed by atoms with Crippen molar-refractivity contribution in [2.75, 3.05) is 73.9 Å². The minimum Gasteiger partial charge on any atom is -0.466 e. The first kappa shape index (κ1) is 44.4. The lowest BCUT2D eigenvalue weighted by Crippen LogP contribution is -2.37. The van der Waals surface area contributed by atoms with Gasteiger partial charge in [-0.2, -0.15) is 0 Å². The van der Waals surface area contributed by atoms with Crippen LogP contribution in [-0.2, 0) is 30.0 Å². The molecule has 1 saturated heterocycles. The molecule has 246 valence electrons. The number of allylic oxidation sites excluding steroid dienone is 1. The van der Waals surface area contributed by atoms with Gasteiger partial charge in [0.15, 0.2) is 5.13 Å². The number of ether oxygens (including phenoxy) is 2. The lowest BCUT2D eigenvalue weighted by atomic mass is 10.2. The Hall–Kier alpha value is -0.760. The van der Waals surface area contributed by atoms with Crippen LogP contribution in [0.1, 0.15) is 18.2 Å². The monoisotopic (exact) mass is 787 g/mol. The van der Waals surface area contributed by atoms with Crippen molar-refractivity contribution in [3.63, 3.8) is 0 Å². The van der Waals surface area contributed by atoms with Crippen LogP contribution in [0.2, 0.25) is 0 Å². The molecule has 2 heterocycles. The zero-order chi connectivity index (χ0) is 31.6. The number of esters is 1. The molecule has 2 aromatic rings. The number of halogens is 5. The molecule has 1 aromatic carbocycles. The number of nitrogens with one attached hydrogen (secondary N) is 1. The van der Waals surface area contributed by atoms with E-state index in [-0.39, 0.29) is 48.6 Å². The van der Waals surface area contributed by atoms with Crippen LogP contribution in [-0.4, -0.2) is 100 Å². The van der Waals surface area contributed by atoms with Gasteiger partial charge in [0, 0.05) is 42.1 Å². The van der Waals surface area contributed by atoms with Gasteiger partial charge in [-0.1, -0.05) is 58.4 Å². The maximum absolute atomic E-state index is 11.1. The number of rotatable bonds is 11. The largest absolute Gasteiger partial charge is 0.466 e. The molecule has 43 heavy (non-hydrogen) atoms. The molecule has 0 unspecified atom stereocenters. The standard InChI is InChI=1S/C9H9Br.C9H11ClN2O3S.C6H12ClNO.C2H6ClO3P.ClH/c10-8-4-7-9-5-2-1-3-6-9;1-2-15-8(14)3-6-5-16-9(11-6)12-7(13)4-10;7-1-2-8-3-5-9-6-4-8;3-1-2-7(4,5)6;/h1-7H,8H2;5H,2-4H2,1H3,(H,11,12,13);1-6H2;1-2H2,(H2,4,5,6);1H. The van der Waals surface area contributed by atoms with E-state index in [1.54, 1.807) is 12.3 Å². The third-order valence-corrected chi connectivity index (χ3v) is 7.48. The Balaban J connectivity index is 0. The highest BCUT2D eigenvalue weighted by molar-refractivity contribution is 9.09. The maximum atomic E-state index is 11.1. The number of aromatic nitrogens is 1. The second-order valence-electron chi connectivity index (χ2n) is 8.00. The summed E-state index contributed by atoms with van der Waals surface area (Å²) in [5.74, 6) is -0.0152. The Morgan fingerprint density at radius 3 is 2.33 bits per heavy atom. The van der Waals surface area contributed by atoms with Crippen LogP contribution in [0.25, 0.3) is 6.08 Å². The first-order valence-electron chi connectivity index (χ1n) is 12.8. The summed E-state index contributed by atoms with van der Waals surface area (Å²) in [7, 11) is -3.80. The van der Waals surface area contributed by atoms with Crippen LogP contribution in [0.3, 0.4) is 0 Å². The van der Waals surface area contributed by atoms with Crippen molar-refractivity contribution in [1.29, 1.82) is 0 Å². The van der Waals surface area contributed by atoms with Crippen molar-refractivity contribution < 1.29 is 33.4 Å². The third-order valence-electron chi connectivity index (χ3n) is 4.63. The molecule has 3 rings (SSSR count). The molecule has 1 aromatic heterocycles. The van der Waals surface area contributed by atoms with Crippen molar-refractivity contribution >= 4 is 105 Å². The molecule has 10 nitrogen and oxygen atoms in total. The number of benzene rings is 1. The molecule has 17 heteroatoms. The SMILES string of the molecule is BrCC=Cc1ccccc1.CCOC(=O)Cc1csc(NC(=O)CCl)n1.Cl.ClCCN1CCOCC1.O=P(O)(O)CCCl. The second kappa shape index (κ2) is 28.7. The molecular formula is C26H39BrCl4N3O7PS. The normalized spacial score (nSPS) is 12.7. The number of carbonyl (C=O) groups is 2. The van der Waals surface area contributed by atoms with Gasteiger partial charge in [-0.25, -0.2) is 4.98 Å². The molecule has 3 N–H and O–H groups in total. The molecule has 0 spiro atoms. The Kier molecular flexibility index (Phi) is 29.6. The summed E-state index contributed by atoms with van der Waals surface area (Å²) < 4.78 is 19.8. The molecule has 0 saturated carbocycles. The summed E-state index contributed by atoms with van der Waals surface area (Å²) >= 11 is 20.4. The molecular weight excluding hydrogens is 751 g/mol. The van der Waals surface area contributed by atoms with E-state index in [0.717, 1.165) is 44.1 Å². The summed E-state index contributed by atoms with van der Waals surface area (Å²) in [5.41, 5.74) is 1.83. The highest BCUT2D eigenvalue weighted by Crippen LogP contribution is 2.33. The average Bonchev–Trinajstić information content (AvgIpc) is 3.40. The number of anilines is 1. The van der Waals surface area contributed by atoms with Gasteiger partial charge < -0.3 is 24.6 Å². The zero-order valence-corrected chi connectivity index (χ0v) is 30.1. The lowest BCUT2D eigenvalue weighted by molar-refractivity contribution is -0.142. The predicted molar refractivity (Wildman–Crippen MR) is 184 cm³/mol. The van der Waals surface area contributed by atoms with E-state index in [1.165, 1.54) is 16.9 Å². The lowest BCUT2D eigenvalue weighted by Gasteiger charge is -2.25. The fourth-order valence-corrected chi connectivity index (χ4v) is 4.86. The summed E-state index contributed by atoms with van der Waals surface area (Å²) in [6.45, 7) is 6.93. The number of carbonyl (C=O) groups excluding carboxylic acids is 2. The van der Waals surface area contributed by atoms with E-state index >= 15 is 0 Å². The van der Waals surface area contributed by atoms with Crippen LogP contribution in [0.4, 0.5) is 5.13 Å². The number of nitrogens with zero attached hydrogens (tertiary/aromatic N) is 2. The first-order valence-corrected chi connectivity index (χ1v) is 18.2. The molecule has 1 amide bonds. The minimum atomic E-state index is -3.80. The molecule has 0 aliphatic carbocycles. The van der Waals surface area contributed by atoms with Crippen molar-refractivity contribution in [2.24, 2.45) is 0 Å². The van der Waals surface area contributed by atoms with Crippen LogP contribution < -0.4 is 5.32 Å². The predicted octanol–water partition coefficient (Wildman–Crippen LogP) is 5.90. The number of morpholine rings is 1. The van der Waals surface area contributed by atoms with Crippen molar-refractivity contribution in [3.8, 4) is 0 Å². The topological polar surface area (TPSA) is 138 Å². The fraction of sp³-hybridized carbons (Fsp3) is 0.500. The van der Waals surface area contributed by atoms with Gasteiger partial charge >= 0.3 is 13.6 Å². The molecule has 1 aliphatic heterocycles. The molecule has 1 fully saturated rings. The Morgan fingerprint density at radius 2 is 1.84 bits per heavy atom. The van der Waals surface area contributed by atoms with Gasteiger partial charge in [-0.15, -0.1) is 58.5 Å². The van der Waals surface area contributed by atoms with Crippen molar-refractivity contribution in [2.45, 2.75) is 13.3 Å². The van der Waals surface area contributed by atoms with Gasteiger partial charge in [-0.3, -0.25) is 19.1 Å². The molecule has 0 radical (unpaired) electrons. The minimum absolute atomic E-state index is 0. The third kappa shape index (κ3) is 27.3. The molecule has 0 bridgehead atoms. The van der Waals surface area contributed by atoms with E-state index in [1.807, 2.05) is 18.2 Å². The quantitative estimate of drug-likeness (QED) is 0.144. The van der Waals surface area contributed by atoms with Crippen LogP contribution >= 0.6 is 82.1 Å². The maximum Gasteiger partial charge on any atom is 0.326 e. The second-order valence-corrected chi connectivity index (χ2v) is 12.3. The summed E-state index contributed by atoms with van der Waals surface area (Å²) in [6, 6.07) is 10.3. The van der Waals surface area contributed by atoms with Crippen LogP contribution in [0, 0.1) is 0 Å². The smallest absolute Gasteiger partial charge is 0.326 e.